The first-order valence-electron chi connectivity index (χ1n) is 7.44. The first kappa shape index (κ1) is 13.4. The van der Waals surface area contributed by atoms with Crippen LogP contribution in [-0.4, -0.2) is 30.3 Å². The van der Waals surface area contributed by atoms with Crippen LogP contribution in [0, 0.1) is 5.92 Å². The van der Waals surface area contributed by atoms with Gasteiger partial charge in [0.2, 0.25) is 5.91 Å². The zero-order chi connectivity index (χ0) is 13.9. The Morgan fingerprint density at radius 3 is 3.10 bits per heavy atom. The summed E-state index contributed by atoms with van der Waals surface area (Å²) in [7, 11) is 0. The van der Waals surface area contributed by atoms with Crippen LogP contribution in [0.4, 0.5) is 0 Å². The smallest absolute Gasteiger partial charge is 0.225 e. The van der Waals surface area contributed by atoms with Gasteiger partial charge < -0.3 is 15.2 Å². The second-order valence-electron chi connectivity index (χ2n) is 5.69. The lowest BCUT2D eigenvalue weighted by atomic mass is 10.0. The van der Waals surface area contributed by atoms with E-state index in [9.17, 15) is 9.90 Å². The standard InChI is InChI=1S/C16H21NO3/c18-14-3-1-2-13(14)16(19)17-8-6-11-4-5-15-12(10-11)7-9-20-15/h4-5,10,13-14,18H,1-3,6-9H2,(H,17,19). The van der Waals surface area contributed by atoms with E-state index in [1.807, 2.05) is 6.07 Å². The summed E-state index contributed by atoms with van der Waals surface area (Å²) in [6.45, 7) is 1.40. The molecule has 2 aliphatic rings. The second-order valence-corrected chi connectivity index (χ2v) is 5.69. The predicted molar refractivity (Wildman–Crippen MR) is 75.7 cm³/mol. The van der Waals surface area contributed by atoms with Crippen LogP contribution in [0.25, 0.3) is 0 Å². The minimum Gasteiger partial charge on any atom is -0.493 e. The van der Waals surface area contributed by atoms with Gasteiger partial charge in [0, 0.05) is 13.0 Å². The molecule has 1 aliphatic heterocycles. The fourth-order valence-corrected chi connectivity index (χ4v) is 3.10. The van der Waals surface area contributed by atoms with Crippen molar-refractivity contribution in [3.05, 3.63) is 29.3 Å². The summed E-state index contributed by atoms with van der Waals surface area (Å²) in [5.74, 6) is 0.787. The van der Waals surface area contributed by atoms with Gasteiger partial charge >= 0.3 is 0 Å². The number of fused-ring (bicyclic) bond motifs is 1. The van der Waals surface area contributed by atoms with Gasteiger partial charge in [0.05, 0.1) is 18.6 Å². The first-order chi connectivity index (χ1) is 9.74. The molecule has 108 valence electrons. The van der Waals surface area contributed by atoms with Crippen LogP contribution in [0.2, 0.25) is 0 Å². The Bertz CT molecular complexity index is 500. The zero-order valence-corrected chi connectivity index (χ0v) is 11.6. The van der Waals surface area contributed by atoms with Gasteiger partial charge in [-0.15, -0.1) is 0 Å². The van der Waals surface area contributed by atoms with Gasteiger partial charge in [-0.1, -0.05) is 12.1 Å². The quantitative estimate of drug-likeness (QED) is 0.874. The molecule has 1 heterocycles. The summed E-state index contributed by atoms with van der Waals surface area (Å²) >= 11 is 0. The molecule has 0 radical (unpaired) electrons. The molecule has 1 aliphatic carbocycles. The van der Waals surface area contributed by atoms with Crippen molar-refractivity contribution in [1.29, 1.82) is 0 Å². The lowest BCUT2D eigenvalue weighted by Crippen LogP contribution is -2.35. The number of hydrogen-bond donors (Lipinski definition) is 2. The molecule has 1 fully saturated rings. The Labute approximate surface area is 119 Å². The Kier molecular flexibility index (Phi) is 3.92. The lowest BCUT2D eigenvalue weighted by molar-refractivity contribution is -0.127. The number of benzene rings is 1. The largest absolute Gasteiger partial charge is 0.493 e. The van der Waals surface area contributed by atoms with Crippen molar-refractivity contribution in [2.24, 2.45) is 5.92 Å². The molecule has 0 spiro atoms. The van der Waals surface area contributed by atoms with Gasteiger partial charge in [0.25, 0.3) is 0 Å². The van der Waals surface area contributed by atoms with Crippen molar-refractivity contribution in [2.75, 3.05) is 13.2 Å². The molecule has 0 aromatic heterocycles. The summed E-state index contributed by atoms with van der Waals surface area (Å²) in [4.78, 5) is 11.9. The number of carbonyl (C=O) groups excluding carboxylic acids is 1. The topological polar surface area (TPSA) is 58.6 Å². The highest BCUT2D eigenvalue weighted by molar-refractivity contribution is 5.79. The second kappa shape index (κ2) is 5.83. The minimum absolute atomic E-state index is 0.000469. The van der Waals surface area contributed by atoms with Gasteiger partial charge in [0.15, 0.2) is 0 Å². The Morgan fingerprint density at radius 1 is 1.40 bits per heavy atom. The van der Waals surface area contributed by atoms with E-state index >= 15 is 0 Å². The molecular weight excluding hydrogens is 254 g/mol. The van der Waals surface area contributed by atoms with Crippen LogP contribution in [0.15, 0.2) is 18.2 Å². The number of rotatable bonds is 4. The molecule has 4 nitrogen and oxygen atoms in total. The highest BCUT2D eigenvalue weighted by Crippen LogP contribution is 2.26. The molecule has 1 aromatic carbocycles. The number of hydrogen-bond acceptors (Lipinski definition) is 3. The van der Waals surface area contributed by atoms with Crippen LogP contribution in [0.3, 0.4) is 0 Å². The number of amides is 1. The van der Waals surface area contributed by atoms with Crippen LogP contribution in [0.5, 0.6) is 5.75 Å². The van der Waals surface area contributed by atoms with Gasteiger partial charge in [-0.05, 0) is 42.9 Å². The van der Waals surface area contributed by atoms with E-state index in [0.717, 1.165) is 44.5 Å². The summed E-state index contributed by atoms with van der Waals surface area (Å²) < 4.78 is 5.48. The monoisotopic (exact) mass is 275 g/mol. The molecule has 1 amide bonds. The van der Waals surface area contributed by atoms with Crippen LogP contribution in [0.1, 0.15) is 30.4 Å². The van der Waals surface area contributed by atoms with E-state index in [1.165, 1.54) is 11.1 Å². The van der Waals surface area contributed by atoms with Crippen molar-refractivity contribution in [3.63, 3.8) is 0 Å². The van der Waals surface area contributed by atoms with E-state index in [0.29, 0.717) is 6.54 Å². The van der Waals surface area contributed by atoms with E-state index in [4.69, 9.17) is 4.74 Å². The van der Waals surface area contributed by atoms with Crippen molar-refractivity contribution in [2.45, 2.75) is 38.2 Å². The maximum Gasteiger partial charge on any atom is 0.225 e. The lowest BCUT2D eigenvalue weighted by Gasteiger charge is -2.14. The zero-order valence-electron chi connectivity index (χ0n) is 11.6. The van der Waals surface area contributed by atoms with Crippen molar-refractivity contribution in [1.82, 2.24) is 5.32 Å². The maximum absolute atomic E-state index is 11.9. The van der Waals surface area contributed by atoms with E-state index in [2.05, 4.69) is 17.4 Å². The van der Waals surface area contributed by atoms with Crippen molar-refractivity contribution >= 4 is 5.91 Å². The number of nitrogens with one attached hydrogen (secondary N) is 1. The van der Waals surface area contributed by atoms with E-state index < -0.39 is 6.10 Å². The molecular formula is C16H21NO3. The SMILES string of the molecule is O=C(NCCc1ccc2c(c1)CCO2)C1CCCC1O. The number of carbonyl (C=O) groups is 1. The first-order valence-corrected chi connectivity index (χ1v) is 7.44. The summed E-state index contributed by atoms with van der Waals surface area (Å²) in [5, 5.41) is 12.6. The normalized spacial score (nSPS) is 24.2. The number of ether oxygens (including phenoxy) is 1. The minimum atomic E-state index is -0.452. The maximum atomic E-state index is 11.9. The fraction of sp³-hybridized carbons (Fsp3) is 0.562. The number of aliphatic hydroxyl groups is 1. The predicted octanol–water partition coefficient (Wildman–Crippen LogP) is 1.44. The highest BCUT2D eigenvalue weighted by atomic mass is 16.5. The van der Waals surface area contributed by atoms with Gasteiger partial charge in [0.1, 0.15) is 5.75 Å². The van der Waals surface area contributed by atoms with Gasteiger partial charge in [-0.3, -0.25) is 4.79 Å². The third-order valence-corrected chi connectivity index (χ3v) is 4.28. The van der Waals surface area contributed by atoms with Crippen LogP contribution < -0.4 is 10.1 Å². The van der Waals surface area contributed by atoms with Crippen molar-refractivity contribution in [3.8, 4) is 5.75 Å². The molecule has 2 N–H and O–H groups in total. The molecule has 20 heavy (non-hydrogen) atoms. The van der Waals surface area contributed by atoms with E-state index in [-0.39, 0.29) is 11.8 Å². The van der Waals surface area contributed by atoms with Crippen molar-refractivity contribution < 1.29 is 14.6 Å². The molecule has 1 saturated carbocycles. The average molecular weight is 275 g/mol. The third kappa shape index (κ3) is 2.80. The Hall–Kier alpha value is -1.55. The number of aliphatic hydroxyl groups excluding tert-OH is 1. The Morgan fingerprint density at radius 2 is 2.30 bits per heavy atom. The van der Waals surface area contributed by atoms with E-state index in [1.54, 1.807) is 0 Å². The third-order valence-electron chi connectivity index (χ3n) is 4.28. The highest BCUT2D eigenvalue weighted by Gasteiger charge is 2.30. The Balaban J connectivity index is 1.49. The molecule has 3 rings (SSSR count). The van der Waals surface area contributed by atoms with Crippen LogP contribution in [-0.2, 0) is 17.6 Å². The van der Waals surface area contributed by atoms with Gasteiger partial charge in [-0.25, -0.2) is 0 Å². The fourth-order valence-electron chi connectivity index (χ4n) is 3.10. The summed E-state index contributed by atoms with van der Waals surface area (Å²) in [6.07, 6.45) is 3.86. The molecule has 2 unspecified atom stereocenters. The van der Waals surface area contributed by atoms with Crippen LogP contribution >= 0.6 is 0 Å². The van der Waals surface area contributed by atoms with Gasteiger partial charge in [-0.2, -0.15) is 0 Å². The summed E-state index contributed by atoms with van der Waals surface area (Å²) in [6, 6.07) is 6.24. The molecule has 4 heteroatoms. The molecule has 1 aromatic rings. The average Bonchev–Trinajstić information content (AvgIpc) is 3.06. The molecule has 0 saturated heterocycles. The summed E-state index contributed by atoms with van der Waals surface area (Å²) in [5.41, 5.74) is 2.49. The molecule has 0 bridgehead atoms. The molecule has 2 atom stereocenters.